The van der Waals surface area contributed by atoms with E-state index >= 15 is 0 Å². The molecule has 0 radical (unpaired) electrons. The van der Waals surface area contributed by atoms with Crippen LogP contribution in [0.2, 0.25) is 5.15 Å². The molecule has 1 aliphatic heterocycles. The number of halogens is 1. The van der Waals surface area contributed by atoms with Crippen molar-refractivity contribution in [3.05, 3.63) is 21.7 Å². The van der Waals surface area contributed by atoms with Gasteiger partial charge in [0.25, 0.3) is 0 Å². The van der Waals surface area contributed by atoms with E-state index in [1.807, 2.05) is 0 Å². The van der Waals surface area contributed by atoms with Crippen molar-refractivity contribution >= 4 is 17.4 Å². The summed E-state index contributed by atoms with van der Waals surface area (Å²) in [4.78, 5) is 17.7. The predicted molar refractivity (Wildman–Crippen MR) is 65.2 cm³/mol. The summed E-state index contributed by atoms with van der Waals surface area (Å²) in [5.74, 6) is 0.888. The maximum absolute atomic E-state index is 11.7. The molecule has 1 aromatic rings. The lowest BCUT2D eigenvalue weighted by atomic mass is 10.1. The summed E-state index contributed by atoms with van der Waals surface area (Å²) < 4.78 is 1.70. The second kappa shape index (κ2) is 4.09. The number of rotatable bonds is 1. The van der Waals surface area contributed by atoms with Gasteiger partial charge >= 0.3 is 5.69 Å². The van der Waals surface area contributed by atoms with Crippen LogP contribution in [0.3, 0.4) is 0 Å². The highest BCUT2D eigenvalue weighted by molar-refractivity contribution is 6.29. The minimum atomic E-state index is -0.250. The lowest BCUT2D eigenvalue weighted by molar-refractivity contribution is 0.436. The van der Waals surface area contributed by atoms with Gasteiger partial charge in [-0.1, -0.05) is 11.6 Å². The van der Waals surface area contributed by atoms with Gasteiger partial charge in [-0.05, 0) is 27.2 Å². The van der Waals surface area contributed by atoms with E-state index in [1.165, 1.54) is 0 Å². The molecule has 0 bridgehead atoms. The van der Waals surface area contributed by atoms with Crippen LogP contribution in [-0.2, 0) is 6.54 Å². The first kappa shape index (κ1) is 11.5. The van der Waals surface area contributed by atoms with Crippen molar-refractivity contribution in [3.63, 3.8) is 0 Å². The standard InChI is InChI=1S/C11H16ClN3O/c1-7(2)15-8(3)4-5-14-10(15)6-9(12)13-11(14)16/h6-8H,4-5H2,1-3H3. The third-order valence-electron chi connectivity index (χ3n) is 3.02. The van der Waals surface area contributed by atoms with E-state index in [9.17, 15) is 4.79 Å². The van der Waals surface area contributed by atoms with E-state index in [1.54, 1.807) is 10.6 Å². The first-order valence-electron chi connectivity index (χ1n) is 5.56. The largest absolute Gasteiger partial charge is 0.353 e. The molecular formula is C11H16ClN3O. The van der Waals surface area contributed by atoms with Crippen LogP contribution < -0.4 is 10.6 Å². The van der Waals surface area contributed by atoms with Crippen molar-refractivity contribution in [2.75, 3.05) is 4.90 Å². The average Bonchev–Trinajstić information content (AvgIpc) is 2.15. The first-order chi connectivity index (χ1) is 7.50. The molecule has 16 heavy (non-hydrogen) atoms. The summed E-state index contributed by atoms with van der Waals surface area (Å²) in [5, 5.41) is 0.274. The summed E-state index contributed by atoms with van der Waals surface area (Å²) >= 11 is 5.85. The third-order valence-corrected chi connectivity index (χ3v) is 3.22. The second-order valence-electron chi connectivity index (χ2n) is 4.51. The fourth-order valence-corrected chi connectivity index (χ4v) is 2.51. The van der Waals surface area contributed by atoms with Crippen LogP contribution in [0.15, 0.2) is 10.9 Å². The molecule has 0 amide bonds. The Morgan fingerprint density at radius 3 is 2.88 bits per heavy atom. The van der Waals surface area contributed by atoms with Gasteiger partial charge in [0, 0.05) is 24.7 Å². The highest BCUT2D eigenvalue weighted by Gasteiger charge is 2.26. The lowest BCUT2D eigenvalue weighted by Crippen LogP contribution is -2.47. The maximum Gasteiger partial charge on any atom is 0.350 e. The fraction of sp³-hybridized carbons (Fsp3) is 0.636. The molecule has 5 heteroatoms. The van der Waals surface area contributed by atoms with E-state index in [2.05, 4.69) is 30.7 Å². The van der Waals surface area contributed by atoms with Gasteiger partial charge < -0.3 is 4.90 Å². The zero-order valence-corrected chi connectivity index (χ0v) is 10.5. The monoisotopic (exact) mass is 241 g/mol. The van der Waals surface area contributed by atoms with Gasteiger partial charge in [-0.25, -0.2) is 4.79 Å². The third kappa shape index (κ3) is 1.82. The molecule has 1 unspecified atom stereocenters. The Morgan fingerprint density at radius 2 is 2.25 bits per heavy atom. The zero-order chi connectivity index (χ0) is 11.9. The van der Waals surface area contributed by atoms with Crippen LogP contribution in [0.4, 0.5) is 5.82 Å². The molecule has 0 N–H and O–H groups in total. The number of fused-ring (bicyclic) bond motifs is 1. The Kier molecular flexibility index (Phi) is 2.93. The summed E-state index contributed by atoms with van der Waals surface area (Å²) in [6, 6.07) is 2.55. The van der Waals surface area contributed by atoms with E-state index in [0.29, 0.717) is 12.1 Å². The van der Waals surface area contributed by atoms with Crippen LogP contribution in [-0.4, -0.2) is 21.6 Å². The maximum atomic E-state index is 11.7. The summed E-state index contributed by atoms with van der Waals surface area (Å²) in [7, 11) is 0. The Hall–Kier alpha value is -1.03. The molecule has 0 aromatic carbocycles. The SMILES string of the molecule is CC(C)N1c2cc(Cl)nc(=O)n2CCC1C. The second-order valence-corrected chi connectivity index (χ2v) is 4.90. The summed E-state index contributed by atoms with van der Waals surface area (Å²) in [6.45, 7) is 7.13. The van der Waals surface area contributed by atoms with E-state index in [0.717, 1.165) is 18.8 Å². The van der Waals surface area contributed by atoms with Crippen molar-refractivity contribution < 1.29 is 0 Å². The highest BCUT2D eigenvalue weighted by Crippen LogP contribution is 2.26. The number of hydrogen-bond acceptors (Lipinski definition) is 3. The molecule has 88 valence electrons. The highest BCUT2D eigenvalue weighted by atomic mass is 35.5. The van der Waals surface area contributed by atoms with Gasteiger partial charge in [-0.2, -0.15) is 4.98 Å². The van der Waals surface area contributed by atoms with Gasteiger partial charge in [0.05, 0.1) is 0 Å². The van der Waals surface area contributed by atoms with E-state index in [4.69, 9.17) is 11.6 Å². The Labute approximate surface area is 99.9 Å². The van der Waals surface area contributed by atoms with Gasteiger partial charge in [0.15, 0.2) is 0 Å². The van der Waals surface area contributed by atoms with Gasteiger partial charge in [-0.3, -0.25) is 4.57 Å². The average molecular weight is 242 g/mol. The van der Waals surface area contributed by atoms with Gasteiger partial charge in [-0.15, -0.1) is 0 Å². The lowest BCUT2D eigenvalue weighted by Gasteiger charge is -2.40. The Bertz CT molecular complexity index is 455. The van der Waals surface area contributed by atoms with Crippen molar-refractivity contribution in [2.45, 2.75) is 45.8 Å². The van der Waals surface area contributed by atoms with Crippen LogP contribution in [0.1, 0.15) is 27.2 Å². The smallest absolute Gasteiger partial charge is 0.350 e. The Morgan fingerprint density at radius 1 is 1.56 bits per heavy atom. The Balaban J connectivity index is 2.59. The van der Waals surface area contributed by atoms with Crippen molar-refractivity contribution in [1.29, 1.82) is 0 Å². The van der Waals surface area contributed by atoms with Crippen LogP contribution >= 0.6 is 11.6 Å². The fourth-order valence-electron chi connectivity index (χ4n) is 2.34. The minimum absolute atomic E-state index is 0.250. The van der Waals surface area contributed by atoms with Gasteiger partial charge in [0.2, 0.25) is 0 Å². The van der Waals surface area contributed by atoms with Crippen molar-refractivity contribution in [1.82, 2.24) is 9.55 Å². The molecule has 4 nitrogen and oxygen atoms in total. The van der Waals surface area contributed by atoms with Crippen molar-refractivity contribution in [3.8, 4) is 0 Å². The molecule has 1 aliphatic rings. The minimum Gasteiger partial charge on any atom is -0.353 e. The zero-order valence-electron chi connectivity index (χ0n) is 9.77. The number of aromatic nitrogens is 2. The molecular weight excluding hydrogens is 226 g/mol. The molecule has 0 saturated heterocycles. The quantitative estimate of drug-likeness (QED) is 0.705. The molecule has 1 aromatic heterocycles. The summed E-state index contributed by atoms with van der Waals surface area (Å²) in [6.07, 6.45) is 0.967. The van der Waals surface area contributed by atoms with E-state index < -0.39 is 0 Å². The molecule has 1 atom stereocenters. The number of nitrogens with zero attached hydrogens (tertiary/aromatic N) is 3. The predicted octanol–water partition coefficient (Wildman–Crippen LogP) is 1.90. The van der Waals surface area contributed by atoms with Gasteiger partial charge in [0.1, 0.15) is 11.0 Å². The molecule has 2 heterocycles. The van der Waals surface area contributed by atoms with Crippen molar-refractivity contribution in [2.24, 2.45) is 0 Å². The molecule has 0 aliphatic carbocycles. The molecule has 0 spiro atoms. The van der Waals surface area contributed by atoms with Crippen LogP contribution in [0.5, 0.6) is 0 Å². The number of anilines is 1. The van der Waals surface area contributed by atoms with Crippen LogP contribution in [0, 0.1) is 0 Å². The summed E-state index contributed by atoms with van der Waals surface area (Å²) in [5.41, 5.74) is -0.250. The van der Waals surface area contributed by atoms with Crippen LogP contribution in [0.25, 0.3) is 0 Å². The first-order valence-corrected chi connectivity index (χ1v) is 5.94. The molecule has 2 rings (SSSR count). The number of hydrogen-bond donors (Lipinski definition) is 0. The topological polar surface area (TPSA) is 38.1 Å². The normalized spacial score (nSPS) is 20.1. The molecule has 0 fully saturated rings. The molecule has 0 saturated carbocycles. The van der Waals surface area contributed by atoms with E-state index in [-0.39, 0.29) is 10.8 Å².